The second-order valence-corrected chi connectivity index (χ2v) is 5.05. The van der Waals surface area contributed by atoms with E-state index in [2.05, 4.69) is 14.2 Å². The molecule has 0 aromatic carbocycles. The minimum Gasteiger partial charge on any atom is -0.466 e. The van der Waals surface area contributed by atoms with E-state index in [0.717, 1.165) is 0 Å². The van der Waals surface area contributed by atoms with Gasteiger partial charge in [-0.2, -0.15) is 0 Å². The number of ketones is 3. The Morgan fingerprint density at radius 1 is 0.500 bits per heavy atom. The fourth-order valence-corrected chi connectivity index (χ4v) is 1.25. The molecule has 0 bridgehead atoms. The van der Waals surface area contributed by atoms with Crippen LogP contribution in [0, 0.1) is 0 Å². The molecule has 0 amide bonds. The molecular formula is C18H30AlO9+3. The van der Waals surface area contributed by atoms with Crippen LogP contribution in [0.5, 0.6) is 0 Å². The van der Waals surface area contributed by atoms with Crippen molar-refractivity contribution in [1.29, 1.82) is 0 Å². The number of hydrogen-bond acceptors (Lipinski definition) is 9. The molecule has 0 unspecified atom stereocenters. The SMILES string of the molecule is CCOC(=O)CC(C)=O.CCOC(=O)CC(C)=O.CCOC(=O)CC(C)=O.[Al+3]. The summed E-state index contributed by atoms with van der Waals surface area (Å²) >= 11 is 0. The van der Waals surface area contributed by atoms with Crippen LogP contribution in [0.25, 0.3) is 0 Å². The Kier molecular flexibility index (Phi) is 27.5. The Hall–Kier alpha value is -2.05. The molecule has 0 heterocycles. The molecule has 0 rings (SSSR count). The van der Waals surface area contributed by atoms with Gasteiger partial charge in [0.15, 0.2) is 0 Å². The zero-order valence-corrected chi connectivity index (χ0v) is 18.6. The third-order valence-electron chi connectivity index (χ3n) is 2.10. The zero-order chi connectivity index (χ0) is 21.8. The molecule has 0 aliphatic heterocycles. The molecule has 0 saturated heterocycles. The minimum absolute atomic E-state index is 0. The first-order valence-corrected chi connectivity index (χ1v) is 8.45. The number of carbonyl (C=O) groups excluding carboxylic acids is 6. The molecule has 0 spiro atoms. The summed E-state index contributed by atoms with van der Waals surface area (Å²) in [5.74, 6) is -1.80. The average molecular weight is 417 g/mol. The zero-order valence-electron chi connectivity index (χ0n) is 17.5. The molecule has 0 N–H and O–H groups in total. The third kappa shape index (κ3) is 35.1. The van der Waals surface area contributed by atoms with Crippen molar-refractivity contribution in [2.45, 2.75) is 60.8 Å². The first-order chi connectivity index (χ1) is 12.5. The van der Waals surface area contributed by atoms with Gasteiger partial charge in [0.1, 0.15) is 36.6 Å². The van der Waals surface area contributed by atoms with Crippen molar-refractivity contribution in [3.05, 3.63) is 0 Å². The predicted octanol–water partition coefficient (Wildman–Crippen LogP) is 1.21. The van der Waals surface area contributed by atoms with Crippen LogP contribution in [0.1, 0.15) is 60.8 Å². The summed E-state index contributed by atoms with van der Waals surface area (Å²) in [5.41, 5.74) is 0. The first-order valence-electron chi connectivity index (χ1n) is 8.45. The van der Waals surface area contributed by atoms with E-state index in [0.29, 0.717) is 19.8 Å². The Balaban J connectivity index is -0.000000152. The van der Waals surface area contributed by atoms with Crippen LogP contribution >= 0.6 is 0 Å². The molecule has 0 radical (unpaired) electrons. The number of ether oxygens (including phenoxy) is 3. The van der Waals surface area contributed by atoms with Gasteiger partial charge in [-0.3, -0.25) is 28.8 Å². The molecule has 0 atom stereocenters. The van der Waals surface area contributed by atoms with E-state index >= 15 is 0 Å². The molecule has 0 aliphatic carbocycles. The molecule has 0 fully saturated rings. The van der Waals surface area contributed by atoms with Crippen molar-refractivity contribution in [1.82, 2.24) is 0 Å². The van der Waals surface area contributed by atoms with Gasteiger partial charge in [-0.25, -0.2) is 0 Å². The van der Waals surface area contributed by atoms with Crippen molar-refractivity contribution < 1.29 is 43.0 Å². The molecule has 0 aliphatic rings. The summed E-state index contributed by atoms with van der Waals surface area (Å²) in [6, 6.07) is 0. The molecule has 10 heteroatoms. The maximum Gasteiger partial charge on any atom is 3.00 e. The van der Waals surface area contributed by atoms with Crippen LogP contribution in [0.15, 0.2) is 0 Å². The Bertz CT molecular complexity index is 430. The van der Waals surface area contributed by atoms with Crippen molar-refractivity contribution in [3.63, 3.8) is 0 Å². The van der Waals surface area contributed by atoms with Crippen LogP contribution in [-0.2, 0) is 43.0 Å². The summed E-state index contributed by atoms with van der Waals surface area (Å²) in [4.78, 5) is 61.9. The Labute approximate surface area is 176 Å². The molecule has 0 aromatic rings. The number of esters is 3. The topological polar surface area (TPSA) is 130 Å². The van der Waals surface area contributed by atoms with Gasteiger partial charge in [0.2, 0.25) is 0 Å². The van der Waals surface area contributed by atoms with E-state index in [9.17, 15) is 28.8 Å². The summed E-state index contributed by atoms with van der Waals surface area (Å²) in [7, 11) is 0. The number of carbonyl (C=O) groups is 6. The van der Waals surface area contributed by atoms with Gasteiger partial charge in [-0.1, -0.05) is 0 Å². The van der Waals surface area contributed by atoms with E-state index in [1.807, 2.05) is 0 Å². The summed E-state index contributed by atoms with van der Waals surface area (Å²) in [6.45, 7) is 10.2. The van der Waals surface area contributed by atoms with Gasteiger partial charge < -0.3 is 14.2 Å². The van der Waals surface area contributed by atoms with Crippen molar-refractivity contribution in [2.75, 3.05) is 19.8 Å². The second kappa shape index (κ2) is 23.0. The minimum atomic E-state index is -0.440. The molecule has 0 saturated carbocycles. The number of rotatable bonds is 9. The summed E-state index contributed by atoms with van der Waals surface area (Å²) in [6.07, 6.45) is -0.310. The van der Waals surface area contributed by atoms with E-state index in [1.54, 1.807) is 20.8 Å². The van der Waals surface area contributed by atoms with Crippen LogP contribution in [-0.4, -0.2) is 72.4 Å². The second-order valence-electron chi connectivity index (χ2n) is 5.05. The molecular weight excluding hydrogens is 387 g/mol. The van der Waals surface area contributed by atoms with Crippen molar-refractivity contribution >= 4 is 52.6 Å². The van der Waals surface area contributed by atoms with Crippen LogP contribution < -0.4 is 0 Å². The standard InChI is InChI=1S/3C6H10O3.Al/c3*1-3-9-6(8)4-5(2)7;/h3*3-4H2,1-2H3;/q;;;+3. The van der Waals surface area contributed by atoms with Gasteiger partial charge >= 0.3 is 35.3 Å². The fourth-order valence-electron chi connectivity index (χ4n) is 1.25. The summed E-state index contributed by atoms with van der Waals surface area (Å²) in [5, 5.41) is 0. The van der Waals surface area contributed by atoms with Crippen LogP contribution in [0.3, 0.4) is 0 Å². The largest absolute Gasteiger partial charge is 3.00 e. The maximum atomic E-state index is 10.4. The van der Waals surface area contributed by atoms with Gasteiger partial charge in [-0.05, 0) is 41.5 Å². The Morgan fingerprint density at radius 3 is 0.786 bits per heavy atom. The van der Waals surface area contributed by atoms with E-state index in [-0.39, 0.29) is 54.0 Å². The molecule has 156 valence electrons. The monoisotopic (exact) mass is 417 g/mol. The van der Waals surface area contributed by atoms with E-state index in [4.69, 9.17) is 0 Å². The van der Waals surface area contributed by atoms with Crippen LogP contribution in [0.4, 0.5) is 0 Å². The average Bonchev–Trinajstić information content (AvgIpc) is 2.46. The van der Waals surface area contributed by atoms with Gasteiger partial charge in [-0.15, -0.1) is 0 Å². The normalized spacial score (nSPS) is 8.36. The van der Waals surface area contributed by atoms with E-state index < -0.39 is 17.9 Å². The fraction of sp³-hybridized carbons (Fsp3) is 0.667. The first kappa shape index (κ1) is 33.5. The van der Waals surface area contributed by atoms with Crippen LogP contribution in [0.2, 0.25) is 0 Å². The number of Topliss-reactive ketones (excluding diaryl/α,β-unsaturated/α-hetero) is 3. The molecule has 28 heavy (non-hydrogen) atoms. The quantitative estimate of drug-likeness (QED) is 0.235. The smallest absolute Gasteiger partial charge is 0.466 e. The Morgan fingerprint density at radius 2 is 0.679 bits per heavy atom. The van der Waals surface area contributed by atoms with Crippen molar-refractivity contribution in [2.24, 2.45) is 0 Å². The van der Waals surface area contributed by atoms with Gasteiger partial charge in [0, 0.05) is 0 Å². The number of hydrogen-bond donors (Lipinski definition) is 0. The van der Waals surface area contributed by atoms with Gasteiger partial charge in [0.05, 0.1) is 19.8 Å². The predicted molar refractivity (Wildman–Crippen MR) is 102 cm³/mol. The van der Waals surface area contributed by atoms with Gasteiger partial charge in [0.25, 0.3) is 0 Å². The molecule has 9 nitrogen and oxygen atoms in total. The molecule has 0 aromatic heterocycles. The summed E-state index contributed by atoms with van der Waals surface area (Å²) < 4.78 is 13.5. The third-order valence-corrected chi connectivity index (χ3v) is 2.10. The van der Waals surface area contributed by atoms with E-state index in [1.165, 1.54) is 20.8 Å². The maximum absolute atomic E-state index is 10.4. The van der Waals surface area contributed by atoms with Crippen molar-refractivity contribution in [3.8, 4) is 0 Å².